The molecule has 1 aliphatic carbocycles. The van der Waals surface area contributed by atoms with Crippen molar-refractivity contribution in [2.45, 2.75) is 25.4 Å². The molecule has 1 heterocycles. The van der Waals surface area contributed by atoms with Gasteiger partial charge in [0.2, 0.25) is 5.88 Å². The molecule has 0 saturated heterocycles. The fourth-order valence-electron chi connectivity index (χ4n) is 1.08. The predicted molar refractivity (Wildman–Crippen MR) is 48.4 cm³/mol. The van der Waals surface area contributed by atoms with Crippen molar-refractivity contribution in [2.24, 2.45) is 0 Å². The second-order valence-electron chi connectivity index (χ2n) is 3.21. The monoisotopic (exact) mass is 179 g/mol. The second-order valence-corrected chi connectivity index (χ2v) is 3.21. The van der Waals surface area contributed by atoms with Crippen LogP contribution in [0.2, 0.25) is 0 Å². The molecule has 2 rings (SSSR count). The molecule has 0 atom stereocenters. The van der Waals surface area contributed by atoms with E-state index in [0.717, 1.165) is 12.2 Å². The van der Waals surface area contributed by atoms with Crippen LogP contribution in [0, 0.1) is 0 Å². The van der Waals surface area contributed by atoms with Gasteiger partial charge < -0.3 is 10.1 Å². The maximum atomic E-state index is 4.91. The summed E-state index contributed by atoms with van der Waals surface area (Å²) in [6.45, 7) is 0.807. The zero-order valence-corrected chi connectivity index (χ0v) is 7.66. The highest BCUT2D eigenvalue weighted by Gasteiger charge is 2.20. The fourth-order valence-corrected chi connectivity index (χ4v) is 1.08. The SMILES string of the molecule is COc1cnc(CNC2CC2)cn1. The van der Waals surface area contributed by atoms with Crippen molar-refractivity contribution < 1.29 is 4.74 Å². The van der Waals surface area contributed by atoms with Gasteiger partial charge in [-0.25, -0.2) is 4.98 Å². The molecule has 0 unspecified atom stereocenters. The van der Waals surface area contributed by atoms with E-state index in [1.165, 1.54) is 12.8 Å². The van der Waals surface area contributed by atoms with Crippen LogP contribution in [0.3, 0.4) is 0 Å². The molecule has 4 nitrogen and oxygen atoms in total. The molecule has 0 spiro atoms. The van der Waals surface area contributed by atoms with Crippen molar-refractivity contribution in [1.82, 2.24) is 15.3 Å². The van der Waals surface area contributed by atoms with Crippen LogP contribution in [0.15, 0.2) is 12.4 Å². The molecule has 1 aliphatic rings. The van der Waals surface area contributed by atoms with Gasteiger partial charge in [-0.1, -0.05) is 0 Å². The number of hydrogen-bond acceptors (Lipinski definition) is 4. The van der Waals surface area contributed by atoms with Crippen LogP contribution in [0.4, 0.5) is 0 Å². The van der Waals surface area contributed by atoms with Gasteiger partial charge in [0.25, 0.3) is 0 Å². The summed E-state index contributed by atoms with van der Waals surface area (Å²) in [6.07, 6.45) is 5.98. The average molecular weight is 179 g/mol. The van der Waals surface area contributed by atoms with Crippen molar-refractivity contribution in [3.8, 4) is 5.88 Å². The molecule has 1 fully saturated rings. The standard InChI is InChI=1S/C9H13N3O/c1-13-9-6-11-8(5-12-9)4-10-7-2-3-7/h5-7,10H,2-4H2,1H3. The summed E-state index contributed by atoms with van der Waals surface area (Å²) in [5, 5.41) is 3.37. The van der Waals surface area contributed by atoms with Gasteiger partial charge in [0, 0.05) is 12.6 Å². The lowest BCUT2D eigenvalue weighted by Crippen LogP contribution is -2.16. The second kappa shape index (κ2) is 3.70. The molecule has 1 aromatic rings. The van der Waals surface area contributed by atoms with Crippen molar-refractivity contribution in [1.29, 1.82) is 0 Å². The molecule has 70 valence electrons. The van der Waals surface area contributed by atoms with Crippen molar-refractivity contribution in [3.63, 3.8) is 0 Å². The molecule has 13 heavy (non-hydrogen) atoms. The lowest BCUT2D eigenvalue weighted by atomic mass is 10.4. The van der Waals surface area contributed by atoms with Crippen LogP contribution in [-0.4, -0.2) is 23.1 Å². The molecule has 1 N–H and O–H groups in total. The summed E-state index contributed by atoms with van der Waals surface area (Å²) in [5.74, 6) is 0.565. The lowest BCUT2D eigenvalue weighted by Gasteiger charge is -2.02. The van der Waals surface area contributed by atoms with E-state index >= 15 is 0 Å². The van der Waals surface area contributed by atoms with E-state index in [2.05, 4.69) is 15.3 Å². The summed E-state index contributed by atoms with van der Waals surface area (Å²) < 4.78 is 4.91. The van der Waals surface area contributed by atoms with Gasteiger partial charge in [-0.05, 0) is 12.8 Å². The maximum absolute atomic E-state index is 4.91. The molecular formula is C9H13N3O. The van der Waals surface area contributed by atoms with Crippen LogP contribution >= 0.6 is 0 Å². The summed E-state index contributed by atoms with van der Waals surface area (Å²) >= 11 is 0. The van der Waals surface area contributed by atoms with Crippen LogP contribution in [-0.2, 0) is 6.54 Å². The van der Waals surface area contributed by atoms with Crippen molar-refractivity contribution in [3.05, 3.63) is 18.1 Å². The summed E-state index contributed by atoms with van der Waals surface area (Å²) in [5.41, 5.74) is 0.965. The lowest BCUT2D eigenvalue weighted by molar-refractivity contribution is 0.395. The van der Waals surface area contributed by atoms with Gasteiger partial charge in [-0.3, -0.25) is 4.98 Å². The highest BCUT2D eigenvalue weighted by Crippen LogP contribution is 2.18. The summed E-state index contributed by atoms with van der Waals surface area (Å²) in [4.78, 5) is 8.27. The Labute approximate surface area is 77.4 Å². The summed E-state index contributed by atoms with van der Waals surface area (Å²) in [7, 11) is 1.59. The first kappa shape index (κ1) is 8.44. The first-order chi connectivity index (χ1) is 6.38. The van der Waals surface area contributed by atoms with E-state index in [9.17, 15) is 0 Å². The molecular weight excluding hydrogens is 166 g/mol. The highest BCUT2D eigenvalue weighted by atomic mass is 16.5. The number of methoxy groups -OCH3 is 1. The maximum Gasteiger partial charge on any atom is 0.231 e. The quantitative estimate of drug-likeness (QED) is 0.740. The van der Waals surface area contributed by atoms with Crippen molar-refractivity contribution >= 4 is 0 Å². The minimum atomic E-state index is 0.565. The predicted octanol–water partition coefficient (Wildman–Crippen LogP) is 0.737. The van der Waals surface area contributed by atoms with E-state index in [1.54, 1.807) is 19.5 Å². The normalized spacial score (nSPS) is 15.8. The summed E-state index contributed by atoms with van der Waals surface area (Å²) in [6, 6.07) is 0.712. The average Bonchev–Trinajstić information content (AvgIpc) is 2.99. The third-order valence-electron chi connectivity index (χ3n) is 2.04. The first-order valence-electron chi connectivity index (χ1n) is 4.47. The molecule has 1 aromatic heterocycles. The first-order valence-corrected chi connectivity index (χ1v) is 4.47. The van der Waals surface area contributed by atoms with E-state index in [-0.39, 0.29) is 0 Å². The Morgan fingerprint density at radius 1 is 1.46 bits per heavy atom. The van der Waals surface area contributed by atoms with Crippen molar-refractivity contribution in [2.75, 3.05) is 7.11 Å². The van der Waals surface area contributed by atoms with Gasteiger partial charge >= 0.3 is 0 Å². The van der Waals surface area contributed by atoms with Crippen LogP contribution in [0.5, 0.6) is 5.88 Å². The molecule has 0 aromatic carbocycles. The van der Waals surface area contributed by atoms with Gasteiger partial charge in [0.1, 0.15) is 0 Å². The van der Waals surface area contributed by atoms with Gasteiger partial charge in [0.05, 0.1) is 25.2 Å². The Hall–Kier alpha value is -1.16. The van der Waals surface area contributed by atoms with E-state index < -0.39 is 0 Å². The number of aromatic nitrogens is 2. The minimum absolute atomic E-state index is 0.565. The van der Waals surface area contributed by atoms with Gasteiger partial charge in [-0.2, -0.15) is 0 Å². The number of ether oxygens (including phenoxy) is 1. The smallest absolute Gasteiger partial charge is 0.231 e. The molecule has 0 bridgehead atoms. The molecule has 0 radical (unpaired) electrons. The third kappa shape index (κ3) is 2.39. The number of hydrogen-bond donors (Lipinski definition) is 1. The zero-order chi connectivity index (χ0) is 9.10. The van der Waals surface area contributed by atoms with E-state index in [1.807, 2.05) is 0 Å². The molecule has 0 amide bonds. The van der Waals surface area contributed by atoms with Crippen LogP contribution in [0.1, 0.15) is 18.5 Å². The zero-order valence-electron chi connectivity index (χ0n) is 7.66. The molecule has 0 aliphatic heterocycles. The van der Waals surface area contributed by atoms with Gasteiger partial charge in [0.15, 0.2) is 0 Å². The number of nitrogens with zero attached hydrogens (tertiary/aromatic N) is 2. The molecule has 1 saturated carbocycles. The number of rotatable bonds is 4. The Kier molecular flexibility index (Phi) is 2.40. The third-order valence-corrected chi connectivity index (χ3v) is 2.04. The Balaban J connectivity index is 1.88. The molecule has 4 heteroatoms. The fraction of sp³-hybridized carbons (Fsp3) is 0.556. The van der Waals surface area contributed by atoms with Crippen LogP contribution < -0.4 is 10.1 Å². The Morgan fingerprint density at radius 3 is 2.85 bits per heavy atom. The minimum Gasteiger partial charge on any atom is -0.480 e. The van der Waals surface area contributed by atoms with E-state index in [4.69, 9.17) is 4.74 Å². The topological polar surface area (TPSA) is 47.0 Å². The van der Waals surface area contributed by atoms with E-state index in [0.29, 0.717) is 11.9 Å². The van der Waals surface area contributed by atoms with Gasteiger partial charge in [-0.15, -0.1) is 0 Å². The highest BCUT2D eigenvalue weighted by molar-refractivity contribution is 5.07. The Bertz CT molecular complexity index is 269. The van der Waals surface area contributed by atoms with Crippen LogP contribution in [0.25, 0.3) is 0 Å². The number of nitrogens with one attached hydrogen (secondary N) is 1. The Morgan fingerprint density at radius 2 is 2.31 bits per heavy atom. The largest absolute Gasteiger partial charge is 0.480 e.